The highest BCUT2D eigenvalue weighted by molar-refractivity contribution is 14.1. The first-order valence-electron chi connectivity index (χ1n) is 5.82. The summed E-state index contributed by atoms with van der Waals surface area (Å²) in [6.45, 7) is 5.00. The largest absolute Gasteiger partial charge is 0.372 e. The number of aromatic nitrogens is 2. The first-order valence-corrected chi connectivity index (χ1v) is 6.90. The van der Waals surface area contributed by atoms with Crippen LogP contribution < -0.4 is 5.32 Å². The van der Waals surface area contributed by atoms with Crippen molar-refractivity contribution in [3.63, 3.8) is 0 Å². The second-order valence-corrected chi connectivity index (χ2v) is 5.39. The van der Waals surface area contributed by atoms with Gasteiger partial charge in [0.2, 0.25) is 0 Å². The Balaban J connectivity index is 1.76. The van der Waals surface area contributed by atoms with Gasteiger partial charge >= 0.3 is 0 Å². The van der Waals surface area contributed by atoms with Crippen molar-refractivity contribution in [2.24, 2.45) is 0 Å². The lowest BCUT2D eigenvalue weighted by molar-refractivity contribution is 0.0345. The van der Waals surface area contributed by atoms with Crippen LogP contribution in [0.15, 0.2) is 12.4 Å². The summed E-state index contributed by atoms with van der Waals surface area (Å²) >= 11 is 2.28. The fourth-order valence-electron chi connectivity index (χ4n) is 2.02. The zero-order valence-electron chi connectivity index (χ0n) is 9.53. The van der Waals surface area contributed by atoms with Crippen molar-refractivity contribution >= 4 is 22.6 Å². The highest BCUT2D eigenvalue weighted by Crippen LogP contribution is 2.20. The van der Waals surface area contributed by atoms with E-state index in [0.29, 0.717) is 12.2 Å². The van der Waals surface area contributed by atoms with Crippen molar-refractivity contribution in [1.82, 2.24) is 15.1 Å². The summed E-state index contributed by atoms with van der Waals surface area (Å²) in [6.07, 6.45) is 6.97. The van der Waals surface area contributed by atoms with Gasteiger partial charge in [-0.3, -0.25) is 4.68 Å². The van der Waals surface area contributed by atoms with E-state index in [9.17, 15) is 0 Å². The van der Waals surface area contributed by atoms with E-state index in [1.165, 1.54) is 3.57 Å². The van der Waals surface area contributed by atoms with Crippen LogP contribution >= 0.6 is 22.6 Å². The molecule has 2 unspecified atom stereocenters. The van der Waals surface area contributed by atoms with E-state index >= 15 is 0 Å². The standard InChI is InChI=1S/C11H18IN3O/c1-2-13-6-10-3-4-11(16-10)8-15-7-9(12)5-14-15/h5,7,10-11,13H,2-4,6,8H2,1H3. The number of nitrogens with zero attached hydrogens (tertiary/aromatic N) is 2. The van der Waals surface area contributed by atoms with Gasteiger partial charge in [0.05, 0.1) is 28.5 Å². The Labute approximate surface area is 110 Å². The summed E-state index contributed by atoms with van der Waals surface area (Å²) in [4.78, 5) is 0. The molecule has 0 radical (unpaired) electrons. The molecule has 90 valence electrons. The fourth-order valence-corrected chi connectivity index (χ4v) is 2.46. The van der Waals surface area contributed by atoms with Crippen molar-refractivity contribution in [2.75, 3.05) is 13.1 Å². The third-order valence-corrected chi connectivity index (χ3v) is 3.37. The molecular formula is C11H18IN3O. The van der Waals surface area contributed by atoms with E-state index in [0.717, 1.165) is 32.5 Å². The van der Waals surface area contributed by atoms with E-state index in [4.69, 9.17) is 4.74 Å². The van der Waals surface area contributed by atoms with E-state index in [1.54, 1.807) is 0 Å². The van der Waals surface area contributed by atoms with Gasteiger partial charge in [-0.15, -0.1) is 0 Å². The molecule has 2 rings (SSSR count). The number of hydrogen-bond donors (Lipinski definition) is 1. The molecule has 2 heterocycles. The molecule has 0 aliphatic carbocycles. The minimum Gasteiger partial charge on any atom is -0.372 e. The number of rotatable bonds is 5. The molecule has 0 saturated carbocycles. The first kappa shape index (κ1) is 12.3. The molecule has 0 bridgehead atoms. The van der Waals surface area contributed by atoms with Crippen molar-refractivity contribution in [3.05, 3.63) is 16.0 Å². The third-order valence-electron chi connectivity index (χ3n) is 2.81. The molecule has 1 N–H and O–H groups in total. The molecule has 1 aliphatic rings. The molecule has 4 nitrogen and oxygen atoms in total. The highest BCUT2D eigenvalue weighted by Gasteiger charge is 2.25. The molecule has 1 aromatic heterocycles. The smallest absolute Gasteiger partial charge is 0.0776 e. The minimum absolute atomic E-state index is 0.333. The summed E-state index contributed by atoms with van der Waals surface area (Å²) in [5.74, 6) is 0. The summed E-state index contributed by atoms with van der Waals surface area (Å²) < 4.78 is 9.11. The summed E-state index contributed by atoms with van der Waals surface area (Å²) in [7, 11) is 0. The summed E-state index contributed by atoms with van der Waals surface area (Å²) in [5.41, 5.74) is 0. The van der Waals surface area contributed by atoms with E-state index in [-0.39, 0.29) is 0 Å². The van der Waals surface area contributed by atoms with Crippen LogP contribution in [-0.2, 0) is 11.3 Å². The van der Waals surface area contributed by atoms with Crippen LogP contribution in [0.5, 0.6) is 0 Å². The van der Waals surface area contributed by atoms with Crippen LogP contribution in [0.3, 0.4) is 0 Å². The molecular weight excluding hydrogens is 317 g/mol. The zero-order chi connectivity index (χ0) is 11.4. The number of halogens is 1. The van der Waals surface area contributed by atoms with Gasteiger partial charge in [-0.05, 0) is 42.0 Å². The monoisotopic (exact) mass is 335 g/mol. The van der Waals surface area contributed by atoms with Crippen LogP contribution in [0.25, 0.3) is 0 Å². The van der Waals surface area contributed by atoms with Crippen LogP contribution in [-0.4, -0.2) is 35.1 Å². The molecule has 1 aliphatic heterocycles. The van der Waals surface area contributed by atoms with Gasteiger partial charge < -0.3 is 10.1 Å². The van der Waals surface area contributed by atoms with Gasteiger partial charge in [0.1, 0.15) is 0 Å². The molecule has 0 aromatic carbocycles. The predicted molar refractivity (Wildman–Crippen MR) is 71.4 cm³/mol. The maximum atomic E-state index is 5.95. The van der Waals surface area contributed by atoms with Gasteiger partial charge in [0.15, 0.2) is 0 Å². The molecule has 1 saturated heterocycles. The van der Waals surface area contributed by atoms with E-state index in [1.807, 2.05) is 10.9 Å². The van der Waals surface area contributed by atoms with Crippen LogP contribution in [0.2, 0.25) is 0 Å². The second-order valence-electron chi connectivity index (χ2n) is 4.15. The minimum atomic E-state index is 0.333. The van der Waals surface area contributed by atoms with Gasteiger partial charge in [-0.2, -0.15) is 5.10 Å². The Morgan fingerprint density at radius 3 is 3.06 bits per heavy atom. The Kier molecular flexibility index (Phi) is 4.60. The number of likely N-dealkylation sites (N-methyl/N-ethyl adjacent to an activating group) is 1. The number of hydrogen-bond acceptors (Lipinski definition) is 3. The molecule has 5 heteroatoms. The Hall–Kier alpha value is -0.140. The molecule has 16 heavy (non-hydrogen) atoms. The molecule has 0 amide bonds. The normalized spacial score (nSPS) is 25.1. The first-order chi connectivity index (χ1) is 7.78. The van der Waals surface area contributed by atoms with Gasteiger partial charge in [-0.1, -0.05) is 6.92 Å². The fraction of sp³-hybridized carbons (Fsp3) is 0.727. The van der Waals surface area contributed by atoms with Crippen molar-refractivity contribution in [2.45, 2.75) is 38.5 Å². The zero-order valence-corrected chi connectivity index (χ0v) is 11.7. The van der Waals surface area contributed by atoms with Gasteiger partial charge in [0, 0.05) is 12.7 Å². The van der Waals surface area contributed by atoms with Crippen LogP contribution in [0, 0.1) is 3.57 Å². The van der Waals surface area contributed by atoms with Crippen molar-refractivity contribution < 1.29 is 4.74 Å². The second kappa shape index (κ2) is 5.97. The summed E-state index contributed by atoms with van der Waals surface area (Å²) in [5, 5.41) is 7.61. The lowest BCUT2D eigenvalue weighted by atomic mass is 10.2. The van der Waals surface area contributed by atoms with Crippen LogP contribution in [0.4, 0.5) is 0 Å². The lowest BCUT2D eigenvalue weighted by Gasteiger charge is -2.13. The average molecular weight is 335 g/mol. The molecule has 0 spiro atoms. The van der Waals surface area contributed by atoms with Crippen LogP contribution in [0.1, 0.15) is 19.8 Å². The molecule has 2 atom stereocenters. The quantitative estimate of drug-likeness (QED) is 0.832. The maximum absolute atomic E-state index is 5.95. The average Bonchev–Trinajstić information content (AvgIpc) is 2.86. The molecule has 1 fully saturated rings. The van der Waals surface area contributed by atoms with Crippen molar-refractivity contribution in [3.8, 4) is 0 Å². The number of nitrogens with one attached hydrogen (secondary N) is 1. The topological polar surface area (TPSA) is 39.1 Å². The maximum Gasteiger partial charge on any atom is 0.0776 e. The van der Waals surface area contributed by atoms with E-state index in [2.05, 4.69) is 46.1 Å². The molecule has 1 aromatic rings. The van der Waals surface area contributed by atoms with Crippen molar-refractivity contribution in [1.29, 1.82) is 0 Å². The predicted octanol–water partition coefficient (Wildman–Crippen LogP) is 1.64. The summed E-state index contributed by atoms with van der Waals surface area (Å²) in [6, 6.07) is 0. The highest BCUT2D eigenvalue weighted by atomic mass is 127. The number of ether oxygens (including phenoxy) is 1. The lowest BCUT2D eigenvalue weighted by Crippen LogP contribution is -2.27. The van der Waals surface area contributed by atoms with E-state index < -0.39 is 0 Å². The SMILES string of the molecule is CCNCC1CCC(Cn2cc(I)cn2)O1. The Bertz CT molecular complexity index is 329. The Morgan fingerprint density at radius 1 is 1.56 bits per heavy atom. The Morgan fingerprint density at radius 2 is 2.38 bits per heavy atom. The van der Waals surface area contributed by atoms with Gasteiger partial charge in [0.25, 0.3) is 0 Å². The van der Waals surface area contributed by atoms with Gasteiger partial charge in [-0.25, -0.2) is 0 Å². The third kappa shape index (κ3) is 3.43.